The number of quaternary nitrogens is 1. The van der Waals surface area contributed by atoms with Gasteiger partial charge in [0, 0.05) is 43.3 Å². The summed E-state index contributed by atoms with van der Waals surface area (Å²) in [5.74, 6) is 0.183. The molecule has 3 fully saturated rings. The molecule has 214 valence electrons. The zero-order valence-electron chi connectivity index (χ0n) is 23.1. The molecule has 2 saturated heterocycles. The van der Waals surface area contributed by atoms with E-state index in [4.69, 9.17) is 9.47 Å². The first-order valence-corrected chi connectivity index (χ1v) is 13.6. The number of anilines is 2. The Labute approximate surface area is 230 Å². The molecule has 6 atom stereocenters. The van der Waals surface area contributed by atoms with Crippen LogP contribution >= 0.6 is 0 Å². The number of pyridine rings is 2. The highest BCUT2D eigenvalue weighted by Crippen LogP contribution is 2.80. The second-order valence-corrected chi connectivity index (χ2v) is 11.7. The Morgan fingerprint density at radius 1 is 1.25 bits per heavy atom. The predicted molar refractivity (Wildman–Crippen MR) is 139 cm³/mol. The van der Waals surface area contributed by atoms with Crippen LogP contribution in [0.5, 0.6) is 5.88 Å². The van der Waals surface area contributed by atoms with E-state index < -0.39 is 12.8 Å². The number of nitrogens with one attached hydrogen (secondary N) is 1. The van der Waals surface area contributed by atoms with Crippen LogP contribution in [0.1, 0.15) is 61.3 Å². The largest absolute Gasteiger partial charge is 0.468 e. The number of ether oxygens (including phenoxy) is 2. The second-order valence-electron chi connectivity index (χ2n) is 11.7. The summed E-state index contributed by atoms with van der Waals surface area (Å²) >= 11 is 0. The van der Waals surface area contributed by atoms with Crippen molar-refractivity contribution in [1.82, 2.24) is 9.97 Å². The van der Waals surface area contributed by atoms with E-state index in [1.54, 1.807) is 27.0 Å². The highest BCUT2D eigenvalue weighted by atomic mass is 19.4. The number of carbonyl (C=O) groups is 2. The zero-order chi connectivity index (χ0) is 28.8. The minimum absolute atomic E-state index is 0.00358. The number of aromatic nitrogens is 2. The van der Waals surface area contributed by atoms with Gasteiger partial charge in [-0.1, -0.05) is 13.8 Å². The number of aryl methyl sites for hydroxylation is 1. The molecule has 40 heavy (non-hydrogen) atoms. The molecule has 0 bridgehead atoms. The minimum atomic E-state index is -4.50. The van der Waals surface area contributed by atoms with Crippen LogP contribution in [-0.2, 0) is 9.53 Å². The van der Waals surface area contributed by atoms with Crippen LogP contribution < -0.4 is 15.0 Å². The maximum atomic E-state index is 14.5. The third-order valence-corrected chi connectivity index (χ3v) is 9.11. The number of amides is 2. The highest BCUT2D eigenvalue weighted by molar-refractivity contribution is 6.00. The van der Waals surface area contributed by atoms with E-state index in [1.807, 2.05) is 26.0 Å². The SMILES string of the molecule is COC1CCN2c3nc(OCC(F)(F)F)ccc3C(=O)[N+]3(C(C)c4cc(C)nc(NC(=O)C(C)C)c4)C4C2C43C1. The van der Waals surface area contributed by atoms with Crippen LogP contribution in [0, 0.1) is 12.8 Å². The monoisotopic (exact) mass is 560 g/mol. The Kier molecular flexibility index (Phi) is 5.98. The number of methoxy groups -OCH3 is 1. The molecule has 4 aliphatic rings. The van der Waals surface area contributed by atoms with E-state index in [-0.39, 0.29) is 57.9 Å². The first-order chi connectivity index (χ1) is 18.8. The summed E-state index contributed by atoms with van der Waals surface area (Å²) in [6.45, 7) is 6.61. The van der Waals surface area contributed by atoms with Crippen molar-refractivity contribution in [3.63, 3.8) is 0 Å². The van der Waals surface area contributed by atoms with Gasteiger partial charge in [0.2, 0.25) is 11.8 Å². The first kappa shape index (κ1) is 26.9. The van der Waals surface area contributed by atoms with Crippen LogP contribution in [0.15, 0.2) is 24.3 Å². The van der Waals surface area contributed by atoms with Crippen molar-refractivity contribution in [3.05, 3.63) is 41.1 Å². The molecule has 0 radical (unpaired) electrons. The molecule has 2 aromatic rings. The number of fused-ring (bicyclic) bond motifs is 2. The molecule has 5 heterocycles. The minimum Gasteiger partial charge on any atom is -0.468 e. The van der Waals surface area contributed by atoms with Gasteiger partial charge in [0.15, 0.2) is 24.2 Å². The van der Waals surface area contributed by atoms with Crippen molar-refractivity contribution in [3.8, 4) is 5.88 Å². The van der Waals surface area contributed by atoms with E-state index in [0.29, 0.717) is 36.6 Å². The lowest BCUT2D eigenvalue weighted by molar-refractivity contribution is -0.818. The van der Waals surface area contributed by atoms with Gasteiger partial charge in [0.1, 0.15) is 23.2 Å². The lowest BCUT2D eigenvalue weighted by Crippen LogP contribution is -2.55. The van der Waals surface area contributed by atoms with E-state index >= 15 is 0 Å². The molecule has 12 heteroatoms. The van der Waals surface area contributed by atoms with Crippen molar-refractivity contribution in [2.45, 2.75) is 76.5 Å². The summed E-state index contributed by atoms with van der Waals surface area (Å²) in [5.41, 5.74) is 1.60. The first-order valence-electron chi connectivity index (χ1n) is 13.6. The molecule has 1 saturated carbocycles. The quantitative estimate of drug-likeness (QED) is 0.401. The fraction of sp³-hybridized carbons (Fsp3) is 0.571. The summed E-state index contributed by atoms with van der Waals surface area (Å²) in [7, 11) is 1.67. The molecular weight excluding hydrogens is 527 g/mol. The van der Waals surface area contributed by atoms with Gasteiger partial charge >= 0.3 is 12.1 Å². The number of hydrogen-bond donors (Lipinski definition) is 1. The van der Waals surface area contributed by atoms with Gasteiger partial charge in [-0.2, -0.15) is 18.2 Å². The number of halogens is 3. The lowest BCUT2D eigenvalue weighted by Gasteiger charge is -2.36. The summed E-state index contributed by atoms with van der Waals surface area (Å²) < 4.78 is 49.4. The predicted octanol–water partition coefficient (Wildman–Crippen LogP) is 4.17. The van der Waals surface area contributed by atoms with E-state index in [2.05, 4.69) is 20.2 Å². The molecule has 2 aromatic heterocycles. The third-order valence-electron chi connectivity index (χ3n) is 9.11. The van der Waals surface area contributed by atoms with Gasteiger partial charge in [-0.25, -0.2) is 14.3 Å². The van der Waals surface area contributed by atoms with Gasteiger partial charge in [0.25, 0.3) is 0 Å². The van der Waals surface area contributed by atoms with E-state index in [0.717, 1.165) is 11.3 Å². The van der Waals surface area contributed by atoms with Crippen molar-refractivity contribution in [2.24, 2.45) is 5.92 Å². The number of rotatable bonds is 7. The number of hydrogen-bond acceptors (Lipinski definition) is 7. The van der Waals surface area contributed by atoms with Crippen molar-refractivity contribution < 1.29 is 36.7 Å². The van der Waals surface area contributed by atoms with Crippen molar-refractivity contribution in [2.75, 3.05) is 30.5 Å². The highest BCUT2D eigenvalue weighted by Gasteiger charge is 3.06. The summed E-state index contributed by atoms with van der Waals surface area (Å²) in [4.78, 5) is 37.9. The standard InChI is InChI=1S/C28H32F3N5O4/c1-14(2)25(37)33-20-11-17(10-15(3)32-20)16(4)36-23-22-27(23,36)12-18(39-5)8-9-35(22)24-19(26(36)38)6-7-21(34-24)40-13-28(29,30)31/h6-7,10-11,14,16,18,22-23H,8-9,12-13H2,1-5H3/p+1. The van der Waals surface area contributed by atoms with Gasteiger partial charge in [-0.3, -0.25) is 4.79 Å². The molecule has 9 nitrogen and oxygen atoms in total. The fourth-order valence-electron chi connectivity index (χ4n) is 7.30. The molecule has 1 spiro atoms. The molecule has 1 aliphatic carbocycles. The van der Waals surface area contributed by atoms with Crippen molar-refractivity contribution in [1.29, 1.82) is 0 Å². The zero-order valence-corrected chi connectivity index (χ0v) is 23.1. The second kappa shape index (κ2) is 8.87. The van der Waals surface area contributed by atoms with Crippen molar-refractivity contribution >= 4 is 23.5 Å². The summed E-state index contributed by atoms with van der Waals surface area (Å²) in [5, 5.41) is 2.87. The summed E-state index contributed by atoms with van der Waals surface area (Å²) in [6.07, 6.45) is -3.17. The van der Waals surface area contributed by atoms with Crippen LogP contribution in [0.25, 0.3) is 0 Å². The molecule has 3 aliphatic heterocycles. The Morgan fingerprint density at radius 2 is 2.00 bits per heavy atom. The maximum absolute atomic E-state index is 14.5. The van der Waals surface area contributed by atoms with Crippen LogP contribution in [0.3, 0.4) is 0 Å². The smallest absolute Gasteiger partial charge is 0.422 e. The molecule has 6 unspecified atom stereocenters. The molecule has 6 rings (SSSR count). The average molecular weight is 561 g/mol. The molecule has 1 N–H and O–H groups in total. The third kappa shape index (κ3) is 3.75. The molecular formula is C28H33F3N5O4+. The Bertz CT molecular complexity index is 1400. The van der Waals surface area contributed by atoms with Gasteiger partial charge in [0.05, 0.1) is 6.10 Å². The maximum Gasteiger partial charge on any atom is 0.422 e. The van der Waals surface area contributed by atoms with Crippen LogP contribution in [0.2, 0.25) is 0 Å². The number of alkyl halides is 3. The van der Waals surface area contributed by atoms with Crippen LogP contribution in [-0.4, -0.2) is 76.4 Å². The Hall–Kier alpha value is -3.25. The average Bonchev–Trinajstić information content (AvgIpc) is 3.75. The molecule has 2 amide bonds. The van der Waals surface area contributed by atoms with E-state index in [1.165, 1.54) is 6.07 Å². The summed E-state index contributed by atoms with van der Waals surface area (Å²) in [6, 6.07) is 6.42. The van der Waals surface area contributed by atoms with Gasteiger partial charge < -0.3 is 19.7 Å². The Balaban J connectivity index is 1.41. The molecule has 0 aromatic carbocycles. The number of carbonyl (C=O) groups excluding carboxylic acids is 2. The van der Waals surface area contributed by atoms with Gasteiger partial charge in [-0.15, -0.1) is 0 Å². The fourth-order valence-corrected chi connectivity index (χ4v) is 7.30. The topological polar surface area (TPSA) is 93.7 Å². The Morgan fingerprint density at radius 3 is 2.67 bits per heavy atom. The lowest BCUT2D eigenvalue weighted by atomic mass is 9.99. The normalized spacial score (nSPS) is 30.6. The van der Waals surface area contributed by atoms with Gasteiger partial charge in [-0.05, 0) is 38.5 Å². The van der Waals surface area contributed by atoms with Crippen LogP contribution in [0.4, 0.5) is 24.8 Å². The van der Waals surface area contributed by atoms with E-state index in [9.17, 15) is 22.8 Å². The number of nitrogens with zero attached hydrogens (tertiary/aromatic N) is 4.